The molecule has 0 amide bonds. The van der Waals surface area contributed by atoms with Gasteiger partial charge in [0, 0.05) is 36.0 Å². The molecule has 2 aromatic heterocycles. The Hall–Kier alpha value is -3.93. The van der Waals surface area contributed by atoms with Crippen LogP contribution in [0.1, 0.15) is 6.42 Å². The van der Waals surface area contributed by atoms with Crippen LogP contribution in [-0.4, -0.2) is 37.8 Å². The number of nitrogens with zero attached hydrogens (tertiary/aromatic N) is 4. The summed E-state index contributed by atoms with van der Waals surface area (Å²) in [5.41, 5.74) is 1.66. The van der Waals surface area contributed by atoms with Crippen molar-refractivity contribution in [1.82, 2.24) is 19.7 Å². The van der Waals surface area contributed by atoms with Crippen molar-refractivity contribution in [2.75, 3.05) is 17.2 Å². The predicted molar refractivity (Wildman–Crippen MR) is 113 cm³/mol. The van der Waals surface area contributed by atoms with E-state index in [0.717, 1.165) is 29.2 Å². The number of nitrogens with one attached hydrogen (secondary N) is 2. The van der Waals surface area contributed by atoms with Gasteiger partial charge < -0.3 is 20.5 Å². The van der Waals surface area contributed by atoms with Crippen molar-refractivity contribution in [1.29, 1.82) is 0 Å². The van der Waals surface area contributed by atoms with E-state index in [4.69, 9.17) is 5.11 Å². The number of alkyl halides is 3. The van der Waals surface area contributed by atoms with Crippen LogP contribution in [0.15, 0.2) is 54.9 Å². The third kappa shape index (κ3) is 5.66. The van der Waals surface area contributed by atoms with Crippen molar-refractivity contribution in [2.24, 2.45) is 0 Å². The van der Waals surface area contributed by atoms with Gasteiger partial charge in [-0.15, -0.1) is 13.2 Å². The molecule has 3 N–H and O–H groups in total. The molecule has 33 heavy (non-hydrogen) atoms. The molecule has 0 radical (unpaired) electrons. The monoisotopic (exact) mass is 462 g/mol. The zero-order valence-electron chi connectivity index (χ0n) is 17.0. The van der Waals surface area contributed by atoms with Crippen LogP contribution in [0.25, 0.3) is 10.9 Å². The largest absolute Gasteiger partial charge is 0.573 e. The second-order valence-electron chi connectivity index (χ2n) is 6.93. The molecule has 0 unspecified atom stereocenters. The summed E-state index contributed by atoms with van der Waals surface area (Å²) in [5, 5.41) is 19.7. The smallest absolute Gasteiger partial charge is 0.406 e. The third-order valence-corrected chi connectivity index (χ3v) is 4.50. The summed E-state index contributed by atoms with van der Waals surface area (Å²) in [7, 11) is 0. The summed E-state index contributed by atoms with van der Waals surface area (Å²) >= 11 is 0. The molecule has 0 aliphatic carbocycles. The Bertz CT molecular complexity index is 1260. The molecule has 0 bridgehead atoms. The second kappa shape index (κ2) is 9.28. The van der Waals surface area contributed by atoms with Crippen LogP contribution >= 0.6 is 0 Å². The topological polar surface area (TPSA) is 97.1 Å². The summed E-state index contributed by atoms with van der Waals surface area (Å²) in [6, 6.07) is 10.4. The van der Waals surface area contributed by atoms with E-state index >= 15 is 0 Å². The van der Waals surface area contributed by atoms with E-state index < -0.39 is 17.9 Å². The molecule has 12 heteroatoms. The molecular weight excluding hydrogens is 444 g/mol. The summed E-state index contributed by atoms with van der Waals surface area (Å²) in [6.07, 6.45) is -1.63. The quantitative estimate of drug-likeness (QED) is 0.326. The number of fused-ring (bicyclic) bond motifs is 1. The first kappa shape index (κ1) is 22.3. The molecule has 4 rings (SSSR count). The first-order valence-corrected chi connectivity index (χ1v) is 9.79. The van der Waals surface area contributed by atoms with Crippen LogP contribution in [0.3, 0.4) is 0 Å². The average Bonchev–Trinajstić information content (AvgIpc) is 3.16. The summed E-state index contributed by atoms with van der Waals surface area (Å²) in [4.78, 5) is 7.98. The lowest BCUT2D eigenvalue weighted by Gasteiger charge is -2.12. The minimum Gasteiger partial charge on any atom is -0.406 e. The van der Waals surface area contributed by atoms with Gasteiger partial charge in [0.25, 0.3) is 0 Å². The van der Waals surface area contributed by atoms with Crippen LogP contribution in [0.2, 0.25) is 0 Å². The van der Waals surface area contributed by atoms with Crippen molar-refractivity contribution >= 4 is 34.0 Å². The molecule has 0 aliphatic rings. The number of rotatable bonds is 8. The van der Waals surface area contributed by atoms with E-state index in [1.165, 1.54) is 12.1 Å². The highest BCUT2D eigenvalue weighted by molar-refractivity contribution is 5.83. The number of benzene rings is 2. The third-order valence-electron chi connectivity index (χ3n) is 4.50. The van der Waals surface area contributed by atoms with Crippen molar-refractivity contribution in [2.45, 2.75) is 19.3 Å². The fraction of sp³-hybridized carbons (Fsp3) is 0.190. The van der Waals surface area contributed by atoms with Crippen LogP contribution in [0, 0.1) is 5.82 Å². The van der Waals surface area contributed by atoms with E-state index in [2.05, 4.69) is 30.4 Å². The van der Waals surface area contributed by atoms with Gasteiger partial charge in [-0.25, -0.2) is 9.37 Å². The Morgan fingerprint density at radius 1 is 1.03 bits per heavy atom. The number of aliphatic hydroxyl groups excluding tert-OH is 1. The van der Waals surface area contributed by atoms with Gasteiger partial charge in [-0.2, -0.15) is 10.1 Å². The molecule has 0 spiro atoms. The van der Waals surface area contributed by atoms with Crippen molar-refractivity contribution in [3.05, 3.63) is 60.7 Å². The van der Waals surface area contributed by atoms with Crippen molar-refractivity contribution in [3.8, 4) is 5.75 Å². The molecule has 0 atom stereocenters. The zero-order chi connectivity index (χ0) is 23.4. The lowest BCUT2D eigenvalue weighted by atomic mass is 10.2. The van der Waals surface area contributed by atoms with E-state index in [1.54, 1.807) is 16.9 Å². The number of aliphatic hydroxyl groups is 1. The van der Waals surface area contributed by atoms with Crippen LogP contribution < -0.4 is 15.4 Å². The van der Waals surface area contributed by atoms with Crippen LogP contribution in [-0.2, 0) is 6.54 Å². The maximum Gasteiger partial charge on any atom is 0.573 e. The average molecular weight is 462 g/mol. The molecule has 2 aromatic carbocycles. The van der Waals surface area contributed by atoms with Crippen molar-refractivity contribution in [3.63, 3.8) is 0 Å². The summed E-state index contributed by atoms with van der Waals surface area (Å²) < 4.78 is 57.2. The van der Waals surface area contributed by atoms with Gasteiger partial charge in [0.15, 0.2) is 11.6 Å². The Balaban J connectivity index is 1.51. The minimum absolute atomic E-state index is 0.0684. The second-order valence-corrected chi connectivity index (χ2v) is 6.93. The van der Waals surface area contributed by atoms with Gasteiger partial charge >= 0.3 is 6.36 Å². The van der Waals surface area contributed by atoms with Gasteiger partial charge in [-0.3, -0.25) is 4.68 Å². The number of anilines is 4. The van der Waals surface area contributed by atoms with E-state index in [0.29, 0.717) is 18.7 Å². The highest BCUT2D eigenvalue weighted by atomic mass is 19.4. The standard InChI is InChI=1S/C21H18F4N6O2/c22-17-12-26-20(29-15-5-6-18-13(9-15)11-27-31(18)7-2-8-32)30-19(17)28-14-3-1-4-16(10-14)33-21(23,24)25/h1,3-6,9-12,32H,2,7-8H2,(H2,26,28,29,30). The maximum absolute atomic E-state index is 14.2. The molecular formula is C21H18F4N6O2. The lowest BCUT2D eigenvalue weighted by Crippen LogP contribution is -2.17. The maximum atomic E-state index is 14.2. The number of halogens is 4. The lowest BCUT2D eigenvalue weighted by molar-refractivity contribution is -0.274. The van der Waals surface area contributed by atoms with E-state index in [1.807, 2.05) is 12.1 Å². The minimum atomic E-state index is -4.84. The number of aryl methyl sites for hydroxylation is 1. The highest BCUT2D eigenvalue weighted by Crippen LogP contribution is 2.28. The number of aromatic nitrogens is 4. The van der Waals surface area contributed by atoms with E-state index in [9.17, 15) is 17.6 Å². The first-order chi connectivity index (χ1) is 15.8. The molecule has 172 valence electrons. The van der Waals surface area contributed by atoms with Gasteiger partial charge in [0.1, 0.15) is 5.75 Å². The Morgan fingerprint density at radius 3 is 2.64 bits per heavy atom. The fourth-order valence-corrected chi connectivity index (χ4v) is 3.12. The number of hydrogen-bond donors (Lipinski definition) is 3. The molecule has 2 heterocycles. The number of hydrogen-bond acceptors (Lipinski definition) is 7. The molecule has 0 saturated carbocycles. The molecule has 4 aromatic rings. The van der Waals surface area contributed by atoms with Crippen molar-refractivity contribution < 1.29 is 27.4 Å². The normalized spacial score (nSPS) is 11.5. The fourth-order valence-electron chi connectivity index (χ4n) is 3.12. The summed E-state index contributed by atoms with van der Waals surface area (Å²) in [6.45, 7) is 0.650. The first-order valence-electron chi connectivity index (χ1n) is 9.79. The molecule has 0 fully saturated rings. The van der Waals surface area contributed by atoms with Gasteiger partial charge in [-0.05, 0) is 36.8 Å². The Labute approximate surface area is 184 Å². The molecule has 0 saturated heterocycles. The van der Waals surface area contributed by atoms with Gasteiger partial charge in [0.05, 0.1) is 17.9 Å². The zero-order valence-corrected chi connectivity index (χ0v) is 17.0. The Kier molecular flexibility index (Phi) is 6.27. The van der Waals surface area contributed by atoms with E-state index in [-0.39, 0.29) is 24.1 Å². The van der Waals surface area contributed by atoms with Gasteiger partial charge in [-0.1, -0.05) is 6.07 Å². The van der Waals surface area contributed by atoms with Crippen LogP contribution in [0.5, 0.6) is 5.75 Å². The van der Waals surface area contributed by atoms with Gasteiger partial charge in [0.2, 0.25) is 5.95 Å². The predicted octanol–water partition coefficient (Wildman–Crippen LogP) is 4.73. The van der Waals surface area contributed by atoms with Crippen LogP contribution in [0.4, 0.5) is 40.7 Å². The Morgan fingerprint density at radius 2 is 1.85 bits per heavy atom. The summed E-state index contributed by atoms with van der Waals surface area (Å²) in [5.74, 6) is -1.39. The number of ether oxygens (including phenoxy) is 1. The SMILES string of the molecule is OCCCn1ncc2cc(Nc3ncc(F)c(Nc4cccc(OC(F)(F)F)c4)n3)ccc21. The molecule has 0 aliphatic heterocycles. The molecule has 8 nitrogen and oxygen atoms in total. The highest BCUT2D eigenvalue weighted by Gasteiger charge is 2.31.